The maximum absolute atomic E-state index is 11.4. The molecule has 3 unspecified atom stereocenters. The molecule has 0 aliphatic carbocycles. The second-order valence-electron chi connectivity index (χ2n) is 5.67. The summed E-state index contributed by atoms with van der Waals surface area (Å²) in [6, 6.07) is 0.231. The van der Waals surface area contributed by atoms with Crippen LogP contribution in [0.1, 0.15) is 32.6 Å². The Bertz CT molecular complexity index is 283. The molecular weight excluding hydrogens is 216 g/mol. The summed E-state index contributed by atoms with van der Waals surface area (Å²) in [6.45, 7) is 5.29. The van der Waals surface area contributed by atoms with E-state index < -0.39 is 5.97 Å². The fraction of sp³-hybridized carbons (Fsp3) is 0.923. The van der Waals surface area contributed by atoms with Gasteiger partial charge in [-0.1, -0.05) is 6.92 Å². The summed E-state index contributed by atoms with van der Waals surface area (Å²) < 4.78 is 0. The summed E-state index contributed by atoms with van der Waals surface area (Å²) >= 11 is 0. The van der Waals surface area contributed by atoms with Crippen LogP contribution in [0.15, 0.2) is 0 Å². The number of carboxylic acid groups (broad SMARTS) is 1. The molecule has 0 aromatic heterocycles. The highest BCUT2D eigenvalue weighted by molar-refractivity contribution is 5.74. The Morgan fingerprint density at radius 2 is 1.94 bits per heavy atom. The Morgan fingerprint density at radius 1 is 1.18 bits per heavy atom. The molecular formula is C13H24N2O2. The van der Waals surface area contributed by atoms with Gasteiger partial charge in [-0.05, 0) is 58.3 Å². The smallest absolute Gasteiger partial charge is 0.321 e. The average molecular weight is 240 g/mol. The van der Waals surface area contributed by atoms with Crippen molar-refractivity contribution in [3.8, 4) is 0 Å². The number of likely N-dealkylation sites (tertiary alicyclic amines) is 2. The normalized spacial score (nSPS) is 36.9. The van der Waals surface area contributed by atoms with Crippen molar-refractivity contribution in [2.24, 2.45) is 5.92 Å². The van der Waals surface area contributed by atoms with Crippen LogP contribution < -0.4 is 0 Å². The van der Waals surface area contributed by atoms with Gasteiger partial charge in [0.25, 0.3) is 0 Å². The Balaban J connectivity index is 2.03. The summed E-state index contributed by atoms with van der Waals surface area (Å²) in [5.41, 5.74) is 0. The maximum Gasteiger partial charge on any atom is 0.321 e. The Kier molecular flexibility index (Phi) is 4.05. The lowest BCUT2D eigenvalue weighted by atomic mass is 10.0. The van der Waals surface area contributed by atoms with Crippen molar-refractivity contribution < 1.29 is 9.90 Å². The Morgan fingerprint density at radius 3 is 2.65 bits per heavy atom. The highest BCUT2D eigenvalue weighted by atomic mass is 16.4. The molecule has 0 radical (unpaired) electrons. The summed E-state index contributed by atoms with van der Waals surface area (Å²) in [7, 11) is 2.16. The first-order valence-corrected chi connectivity index (χ1v) is 6.76. The zero-order valence-corrected chi connectivity index (χ0v) is 10.9. The van der Waals surface area contributed by atoms with Crippen LogP contribution in [0.5, 0.6) is 0 Å². The van der Waals surface area contributed by atoms with E-state index in [-0.39, 0.29) is 6.04 Å². The molecule has 0 amide bonds. The van der Waals surface area contributed by atoms with Crippen molar-refractivity contribution in [3.63, 3.8) is 0 Å². The number of aliphatic carboxylic acids is 1. The van der Waals surface area contributed by atoms with Crippen molar-refractivity contribution in [1.29, 1.82) is 0 Å². The zero-order valence-electron chi connectivity index (χ0n) is 10.9. The minimum atomic E-state index is -0.632. The van der Waals surface area contributed by atoms with E-state index in [2.05, 4.69) is 23.8 Å². The van der Waals surface area contributed by atoms with E-state index in [4.69, 9.17) is 0 Å². The lowest BCUT2D eigenvalue weighted by Gasteiger charge is -2.31. The highest BCUT2D eigenvalue weighted by Gasteiger charge is 2.40. The minimum absolute atomic E-state index is 0.247. The van der Waals surface area contributed by atoms with Gasteiger partial charge >= 0.3 is 5.97 Å². The molecule has 0 spiro atoms. The molecule has 2 aliphatic heterocycles. The summed E-state index contributed by atoms with van der Waals surface area (Å²) in [6.07, 6.45) is 4.50. The lowest BCUT2D eigenvalue weighted by Crippen LogP contribution is -2.45. The maximum atomic E-state index is 11.4. The summed E-state index contributed by atoms with van der Waals surface area (Å²) in [5, 5.41) is 9.35. The van der Waals surface area contributed by atoms with Gasteiger partial charge in [0.15, 0.2) is 0 Å². The second kappa shape index (κ2) is 5.36. The van der Waals surface area contributed by atoms with E-state index in [0.29, 0.717) is 12.0 Å². The summed E-state index contributed by atoms with van der Waals surface area (Å²) in [5.74, 6) is -0.332. The van der Waals surface area contributed by atoms with Crippen molar-refractivity contribution in [3.05, 3.63) is 0 Å². The fourth-order valence-corrected chi connectivity index (χ4v) is 3.33. The van der Waals surface area contributed by atoms with Crippen molar-refractivity contribution >= 4 is 5.97 Å². The van der Waals surface area contributed by atoms with Crippen molar-refractivity contribution in [1.82, 2.24) is 9.80 Å². The predicted octanol–water partition coefficient (Wildman–Crippen LogP) is 1.27. The van der Waals surface area contributed by atoms with Gasteiger partial charge in [-0.2, -0.15) is 0 Å². The lowest BCUT2D eigenvalue weighted by molar-refractivity contribution is -0.144. The van der Waals surface area contributed by atoms with E-state index in [1.807, 2.05) is 0 Å². The molecule has 0 saturated carbocycles. The van der Waals surface area contributed by atoms with Crippen molar-refractivity contribution in [2.75, 3.05) is 26.7 Å². The van der Waals surface area contributed by atoms with Gasteiger partial charge in [0.1, 0.15) is 6.04 Å². The number of hydrogen-bond acceptors (Lipinski definition) is 3. The van der Waals surface area contributed by atoms with Crippen LogP contribution in [0.4, 0.5) is 0 Å². The van der Waals surface area contributed by atoms with E-state index in [9.17, 15) is 9.90 Å². The average Bonchev–Trinajstić information content (AvgIpc) is 2.51. The first-order chi connectivity index (χ1) is 8.09. The van der Waals surface area contributed by atoms with Crippen LogP contribution in [-0.2, 0) is 4.79 Å². The number of nitrogens with zero attached hydrogens (tertiary/aromatic N) is 2. The number of carbonyl (C=O) groups is 1. The molecule has 4 heteroatoms. The van der Waals surface area contributed by atoms with Gasteiger partial charge in [-0.25, -0.2) is 0 Å². The van der Waals surface area contributed by atoms with E-state index in [1.54, 1.807) is 0 Å². The molecule has 0 aromatic carbocycles. The SMILES string of the molecule is CC1CCN(C2CCCN(C)CC2)C1C(=O)O. The van der Waals surface area contributed by atoms with Gasteiger partial charge < -0.3 is 10.0 Å². The molecule has 4 nitrogen and oxygen atoms in total. The fourth-order valence-electron chi connectivity index (χ4n) is 3.33. The summed E-state index contributed by atoms with van der Waals surface area (Å²) in [4.78, 5) is 16.0. The molecule has 17 heavy (non-hydrogen) atoms. The monoisotopic (exact) mass is 240 g/mol. The van der Waals surface area contributed by atoms with Gasteiger partial charge in [-0.3, -0.25) is 9.69 Å². The molecule has 2 aliphatic rings. The standard InChI is InChI=1S/C13H24N2O2/c1-10-5-9-15(12(10)13(16)17)11-4-3-7-14(2)8-6-11/h10-12H,3-9H2,1-2H3,(H,16,17). The first kappa shape index (κ1) is 12.8. The van der Waals surface area contributed by atoms with Gasteiger partial charge in [-0.15, -0.1) is 0 Å². The molecule has 2 fully saturated rings. The van der Waals surface area contributed by atoms with E-state index >= 15 is 0 Å². The van der Waals surface area contributed by atoms with E-state index in [0.717, 1.165) is 38.9 Å². The predicted molar refractivity (Wildman–Crippen MR) is 67.0 cm³/mol. The van der Waals surface area contributed by atoms with Gasteiger partial charge in [0.05, 0.1) is 0 Å². The zero-order chi connectivity index (χ0) is 12.4. The van der Waals surface area contributed by atoms with E-state index in [1.165, 1.54) is 6.42 Å². The van der Waals surface area contributed by atoms with Crippen LogP contribution in [0.25, 0.3) is 0 Å². The quantitative estimate of drug-likeness (QED) is 0.789. The van der Waals surface area contributed by atoms with Crippen molar-refractivity contribution in [2.45, 2.75) is 44.7 Å². The molecule has 1 N–H and O–H groups in total. The number of carboxylic acids is 1. The van der Waals surface area contributed by atoms with Crippen LogP contribution in [0.3, 0.4) is 0 Å². The third-order valence-corrected chi connectivity index (χ3v) is 4.38. The largest absolute Gasteiger partial charge is 0.480 e. The van der Waals surface area contributed by atoms with Gasteiger partial charge in [0.2, 0.25) is 0 Å². The third-order valence-electron chi connectivity index (χ3n) is 4.38. The van der Waals surface area contributed by atoms with Crippen LogP contribution in [0.2, 0.25) is 0 Å². The van der Waals surface area contributed by atoms with Crippen LogP contribution in [0, 0.1) is 5.92 Å². The second-order valence-corrected chi connectivity index (χ2v) is 5.67. The molecule has 2 rings (SSSR count). The molecule has 98 valence electrons. The number of rotatable bonds is 2. The van der Waals surface area contributed by atoms with Gasteiger partial charge in [0, 0.05) is 6.04 Å². The topological polar surface area (TPSA) is 43.8 Å². The first-order valence-electron chi connectivity index (χ1n) is 6.76. The highest BCUT2D eigenvalue weighted by Crippen LogP contribution is 2.29. The molecule has 3 atom stereocenters. The molecule has 0 aromatic rings. The number of hydrogen-bond donors (Lipinski definition) is 1. The third kappa shape index (κ3) is 2.80. The molecule has 2 saturated heterocycles. The molecule has 2 heterocycles. The minimum Gasteiger partial charge on any atom is -0.480 e. The molecule has 0 bridgehead atoms. The Hall–Kier alpha value is -0.610. The Labute approximate surface area is 104 Å². The van der Waals surface area contributed by atoms with Crippen LogP contribution >= 0.6 is 0 Å². The van der Waals surface area contributed by atoms with Crippen LogP contribution in [-0.4, -0.2) is 59.6 Å².